The molecule has 1 heterocycles. The standard InChI is InChI=1S/C18H15ClN2O2S/c1-12-2-5-14(19)8-17(12)21-18(22)13-3-6-16(7-4-13)23-9-15-10-24-11-20-15/h2-8,10-11H,9H2,1H3,(H,21,22). The van der Waals surface area contributed by atoms with Gasteiger partial charge in [-0.1, -0.05) is 17.7 Å². The minimum Gasteiger partial charge on any atom is -0.487 e. The van der Waals surface area contributed by atoms with Gasteiger partial charge in [0.25, 0.3) is 5.91 Å². The number of carbonyl (C=O) groups excluding carboxylic acids is 1. The normalized spacial score (nSPS) is 10.4. The zero-order chi connectivity index (χ0) is 16.9. The van der Waals surface area contributed by atoms with Crippen molar-refractivity contribution in [3.8, 4) is 5.75 Å². The van der Waals surface area contributed by atoms with Gasteiger partial charge < -0.3 is 10.1 Å². The molecule has 0 aliphatic rings. The van der Waals surface area contributed by atoms with E-state index in [4.69, 9.17) is 16.3 Å². The molecule has 4 nitrogen and oxygen atoms in total. The monoisotopic (exact) mass is 358 g/mol. The van der Waals surface area contributed by atoms with Crippen molar-refractivity contribution < 1.29 is 9.53 Å². The van der Waals surface area contributed by atoms with Crippen LogP contribution in [0.4, 0.5) is 5.69 Å². The number of amides is 1. The van der Waals surface area contributed by atoms with E-state index < -0.39 is 0 Å². The quantitative estimate of drug-likeness (QED) is 0.703. The molecule has 1 aromatic heterocycles. The summed E-state index contributed by atoms with van der Waals surface area (Å²) in [5.41, 5.74) is 4.87. The van der Waals surface area contributed by atoms with E-state index >= 15 is 0 Å². The number of ether oxygens (including phenoxy) is 1. The van der Waals surface area contributed by atoms with Crippen LogP contribution in [0, 0.1) is 6.92 Å². The first-order chi connectivity index (χ1) is 11.6. The summed E-state index contributed by atoms with van der Waals surface area (Å²) < 4.78 is 5.63. The summed E-state index contributed by atoms with van der Waals surface area (Å²) in [4.78, 5) is 16.5. The summed E-state index contributed by atoms with van der Waals surface area (Å²) in [6, 6.07) is 12.4. The predicted octanol–water partition coefficient (Wildman–Crippen LogP) is 4.94. The van der Waals surface area contributed by atoms with Gasteiger partial charge in [-0.3, -0.25) is 4.79 Å². The maximum absolute atomic E-state index is 12.3. The van der Waals surface area contributed by atoms with Crippen molar-refractivity contribution in [3.05, 3.63) is 75.2 Å². The van der Waals surface area contributed by atoms with Gasteiger partial charge in [0.2, 0.25) is 0 Å². The molecular weight excluding hydrogens is 344 g/mol. The van der Waals surface area contributed by atoms with Crippen molar-refractivity contribution in [1.29, 1.82) is 0 Å². The molecule has 0 aliphatic heterocycles. The van der Waals surface area contributed by atoms with E-state index in [1.807, 2.05) is 18.4 Å². The largest absolute Gasteiger partial charge is 0.487 e. The lowest BCUT2D eigenvalue weighted by Crippen LogP contribution is -2.12. The Labute approximate surface area is 149 Å². The molecule has 0 aliphatic carbocycles. The third-order valence-corrected chi connectivity index (χ3v) is 4.30. The predicted molar refractivity (Wildman–Crippen MR) is 97.0 cm³/mol. The molecule has 0 radical (unpaired) electrons. The van der Waals surface area contributed by atoms with Crippen LogP contribution in [0.5, 0.6) is 5.75 Å². The van der Waals surface area contributed by atoms with E-state index in [-0.39, 0.29) is 5.91 Å². The van der Waals surface area contributed by atoms with Crippen molar-refractivity contribution >= 4 is 34.5 Å². The fraction of sp³-hybridized carbons (Fsp3) is 0.111. The molecule has 6 heteroatoms. The summed E-state index contributed by atoms with van der Waals surface area (Å²) in [5.74, 6) is 0.505. The number of rotatable bonds is 5. The molecular formula is C18H15ClN2O2S. The van der Waals surface area contributed by atoms with Gasteiger partial charge in [0, 0.05) is 21.7 Å². The molecule has 122 valence electrons. The van der Waals surface area contributed by atoms with Crippen LogP contribution in [0.2, 0.25) is 5.02 Å². The smallest absolute Gasteiger partial charge is 0.255 e. The molecule has 3 rings (SSSR count). The average molecular weight is 359 g/mol. The van der Waals surface area contributed by atoms with Crippen molar-refractivity contribution in [2.45, 2.75) is 13.5 Å². The number of anilines is 1. The minimum absolute atomic E-state index is 0.189. The van der Waals surface area contributed by atoms with Gasteiger partial charge >= 0.3 is 0 Å². The molecule has 0 spiro atoms. The molecule has 3 aromatic rings. The minimum atomic E-state index is -0.189. The Kier molecular flexibility index (Phi) is 5.13. The van der Waals surface area contributed by atoms with Crippen LogP contribution >= 0.6 is 22.9 Å². The number of aryl methyl sites for hydroxylation is 1. The van der Waals surface area contributed by atoms with Crippen LogP contribution in [0.25, 0.3) is 0 Å². The van der Waals surface area contributed by atoms with Crippen molar-refractivity contribution in [3.63, 3.8) is 0 Å². The summed E-state index contributed by atoms with van der Waals surface area (Å²) >= 11 is 7.50. The number of nitrogens with zero attached hydrogens (tertiary/aromatic N) is 1. The number of halogens is 1. The fourth-order valence-electron chi connectivity index (χ4n) is 2.09. The first-order valence-electron chi connectivity index (χ1n) is 7.29. The highest BCUT2D eigenvalue weighted by atomic mass is 35.5. The molecule has 0 atom stereocenters. The number of carbonyl (C=O) groups is 1. The number of benzene rings is 2. The first-order valence-corrected chi connectivity index (χ1v) is 8.61. The molecule has 0 fully saturated rings. The second kappa shape index (κ2) is 7.47. The molecule has 1 N–H and O–H groups in total. The highest BCUT2D eigenvalue weighted by Gasteiger charge is 2.08. The summed E-state index contributed by atoms with van der Waals surface area (Å²) in [7, 11) is 0. The third kappa shape index (κ3) is 4.13. The molecule has 0 saturated heterocycles. The van der Waals surface area contributed by atoms with E-state index in [9.17, 15) is 4.79 Å². The zero-order valence-corrected chi connectivity index (χ0v) is 14.5. The van der Waals surface area contributed by atoms with Crippen molar-refractivity contribution in [2.24, 2.45) is 0 Å². The maximum atomic E-state index is 12.3. The summed E-state index contributed by atoms with van der Waals surface area (Å²) in [6.45, 7) is 2.33. The average Bonchev–Trinajstić information content (AvgIpc) is 3.10. The second-order valence-electron chi connectivity index (χ2n) is 5.21. The van der Waals surface area contributed by atoms with Gasteiger partial charge in [-0.25, -0.2) is 4.98 Å². The molecule has 24 heavy (non-hydrogen) atoms. The van der Waals surface area contributed by atoms with E-state index in [1.54, 1.807) is 41.9 Å². The summed E-state index contributed by atoms with van der Waals surface area (Å²) in [6.07, 6.45) is 0. The van der Waals surface area contributed by atoms with Crippen molar-refractivity contribution in [1.82, 2.24) is 4.98 Å². The van der Waals surface area contributed by atoms with Crippen LogP contribution < -0.4 is 10.1 Å². The zero-order valence-electron chi connectivity index (χ0n) is 13.0. The van der Waals surface area contributed by atoms with E-state index in [1.165, 1.54) is 11.3 Å². The Morgan fingerprint density at radius 1 is 1.25 bits per heavy atom. The molecule has 0 saturated carbocycles. The first kappa shape index (κ1) is 16.5. The van der Waals surface area contributed by atoms with Gasteiger partial charge in [0.1, 0.15) is 12.4 Å². The third-order valence-electron chi connectivity index (χ3n) is 3.43. The van der Waals surface area contributed by atoms with E-state index in [0.29, 0.717) is 28.6 Å². The van der Waals surface area contributed by atoms with Gasteiger partial charge in [-0.2, -0.15) is 0 Å². The Morgan fingerprint density at radius 2 is 2.04 bits per heavy atom. The van der Waals surface area contributed by atoms with Gasteiger partial charge in [-0.15, -0.1) is 11.3 Å². The summed E-state index contributed by atoms with van der Waals surface area (Å²) in [5, 5.41) is 5.39. The Balaban J connectivity index is 1.64. The molecule has 0 unspecified atom stereocenters. The lowest BCUT2D eigenvalue weighted by molar-refractivity contribution is 0.102. The van der Waals surface area contributed by atoms with Crippen LogP contribution in [-0.2, 0) is 6.61 Å². The molecule has 2 aromatic carbocycles. The van der Waals surface area contributed by atoms with Crippen LogP contribution in [0.15, 0.2) is 53.4 Å². The molecule has 1 amide bonds. The lowest BCUT2D eigenvalue weighted by atomic mass is 10.1. The number of hydrogen-bond donors (Lipinski definition) is 1. The van der Waals surface area contributed by atoms with Gasteiger partial charge in [-0.05, 0) is 48.9 Å². The van der Waals surface area contributed by atoms with E-state index in [0.717, 1.165) is 11.3 Å². The fourth-order valence-corrected chi connectivity index (χ4v) is 2.81. The van der Waals surface area contributed by atoms with Crippen LogP contribution in [0.3, 0.4) is 0 Å². The number of thiazole rings is 1. The van der Waals surface area contributed by atoms with Crippen molar-refractivity contribution in [2.75, 3.05) is 5.32 Å². The number of hydrogen-bond acceptors (Lipinski definition) is 4. The second-order valence-corrected chi connectivity index (χ2v) is 6.36. The van der Waals surface area contributed by atoms with Crippen LogP contribution in [0.1, 0.15) is 21.6 Å². The SMILES string of the molecule is Cc1ccc(Cl)cc1NC(=O)c1ccc(OCc2cscn2)cc1. The van der Waals surface area contributed by atoms with Gasteiger partial charge in [0.15, 0.2) is 0 Å². The van der Waals surface area contributed by atoms with E-state index in [2.05, 4.69) is 10.3 Å². The molecule has 0 bridgehead atoms. The highest BCUT2D eigenvalue weighted by molar-refractivity contribution is 7.07. The van der Waals surface area contributed by atoms with Crippen LogP contribution in [-0.4, -0.2) is 10.9 Å². The Morgan fingerprint density at radius 3 is 2.75 bits per heavy atom. The maximum Gasteiger partial charge on any atom is 0.255 e. The highest BCUT2D eigenvalue weighted by Crippen LogP contribution is 2.21. The Bertz CT molecular complexity index is 833. The lowest BCUT2D eigenvalue weighted by Gasteiger charge is -2.09. The number of nitrogens with one attached hydrogen (secondary N) is 1. The topological polar surface area (TPSA) is 51.2 Å². The number of aromatic nitrogens is 1. The van der Waals surface area contributed by atoms with Gasteiger partial charge in [0.05, 0.1) is 11.2 Å². The Hall–Kier alpha value is -2.37.